The Morgan fingerprint density at radius 2 is 1.07 bits per heavy atom. The predicted octanol–water partition coefficient (Wildman–Crippen LogP) is 5.32. The molecule has 1 aliphatic heterocycles. The van der Waals surface area contributed by atoms with Crippen LogP contribution in [-0.2, 0) is 43.5 Å². The lowest BCUT2D eigenvalue weighted by Gasteiger charge is -2.44. The van der Waals surface area contributed by atoms with Crippen molar-refractivity contribution in [3.63, 3.8) is 0 Å². The number of benzene rings is 4. The lowest BCUT2D eigenvalue weighted by molar-refractivity contribution is -0.306. The molecule has 7 heteroatoms. The van der Waals surface area contributed by atoms with Crippen molar-refractivity contribution in [2.24, 2.45) is 0 Å². The highest BCUT2D eigenvalue weighted by molar-refractivity contribution is 5.89. The maximum Gasteiger partial charge on any atom is 0.338 e. The lowest BCUT2D eigenvalue weighted by atomic mass is 9.98. The molecule has 5 rings (SSSR count). The number of rotatable bonds is 12. The quantitative estimate of drug-likeness (QED) is 0.238. The van der Waals surface area contributed by atoms with Gasteiger partial charge in [-0.2, -0.15) is 0 Å². The molecule has 0 aliphatic carbocycles. The van der Waals surface area contributed by atoms with E-state index in [9.17, 15) is 9.90 Å². The number of hydrogen-bond donors (Lipinski definition) is 1. The average Bonchev–Trinajstić information content (AvgIpc) is 3.02. The largest absolute Gasteiger partial charge is 0.450 e. The van der Waals surface area contributed by atoms with E-state index in [0.29, 0.717) is 12.2 Å². The maximum atomic E-state index is 13.1. The molecule has 4 aromatic carbocycles. The second kappa shape index (κ2) is 14.7. The van der Waals surface area contributed by atoms with Crippen LogP contribution in [0.25, 0.3) is 0 Å². The Morgan fingerprint density at radius 1 is 0.610 bits per heavy atom. The zero-order valence-corrected chi connectivity index (χ0v) is 22.7. The average molecular weight is 555 g/mol. The fraction of sp³-hybridized carbons (Fsp3) is 0.265. The van der Waals surface area contributed by atoms with E-state index in [-0.39, 0.29) is 19.8 Å². The maximum absolute atomic E-state index is 13.1. The molecular weight excluding hydrogens is 520 g/mol. The van der Waals surface area contributed by atoms with Gasteiger partial charge in [-0.1, -0.05) is 109 Å². The minimum Gasteiger partial charge on any atom is -0.450 e. The summed E-state index contributed by atoms with van der Waals surface area (Å²) in [6, 6.07) is 37.8. The summed E-state index contributed by atoms with van der Waals surface area (Å²) < 4.78 is 30.7. The summed E-state index contributed by atoms with van der Waals surface area (Å²) in [7, 11) is 0. The number of ether oxygens (including phenoxy) is 5. The van der Waals surface area contributed by atoms with E-state index in [0.717, 1.165) is 16.7 Å². The van der Waals surface area contributed by atoms with Crippen molar-refractivity contribution in [3.05, 3.63) is 144 Å². The predicted molar refractivity (Wildman–Crippen MR) is 153 cm³/mol. The SMILES string of the molecule is O=C(O[C@H]1C(O)O[C@H](COCc2ccccc2)[C@H](OCc2ccccc2)[C@@H]1OCc1ccccc1)c1ccccc1. The minimum absolute atomic E-state index is 0.135. The number of aliphatic hydroxyl groups excluding tert-OH is 1. The smallest absolute Gasteiger partial charge is 0.338 e. The Hall–Kier alpha value is -3.85. The summed E-state index contributed by atoms with van der Waals surface area (Å²) in [6.07, 6.45) is -4.85. The number of carbonyl (C=O) groups is 1. The first-order chi connectivity index (χ1) is 20.2. The van der Waals surface area contributed by atoms with Gasteiger partial charge in [-0.15, -0.1) is 0 Å². The summed E-state index contributed by atoms with van der Waals surface area (Å²) in [6.45, 7) is 0.991. The van der Waals surface area contributed by atoms with Gasteiger partial charge in [0.25, 0.3) is 0 Å². The highest BCUT2D eigenvalue weighted by atomic mass is 16.7. The van der Waals surface area contributed by atoms with Crippen molar-refractivity contribution in [1.29, 1.82) is 0 Å². The Balaban J connectivity index is 1.39. The molecule has 0 bridgehead atoms. The number of carbonyl (C=O) groups excluding carboxylic acids is 1. The van der Waals surface area contributed by atoms with E-state index in [1.165, 1.54) is 0 Å². The monoisotopic (exact) mass is 554 g/mol. The first-order valence-corrected chi connectivity index (χ1v) is 13.7. The summed E-state index contributed by atoms with van der Waals surface area (Å²) >= 11 is 0. The van der Waals surface area contributed by atoms with Gasteiger partial charge in [-0.05, 0) is 28.8 Å². The van der Waals surface area contributed by atoms with Gasteiger partial charge in [-0.3, -0.25) is 0 Å². The molecule has 4 aromatic rings. The molecule has 41 heavy (non-hydrogen) atoms. The molecule has 1 N–H and O–H groups in total. The van der Waals surface area contributed by atoms with E-state index in [1.807, 2.05) is 97.1 Å². The van der Waals surface area contributed by atoms with Crippen molar-refractivity contribution >= 4 is 5.97 Å². The molecule has 1 unspecified atom stereocenters. The molecule has 0 spiro atoms. The molecule has 0 saturated carbocycles. The summed E-state index contributed by atoms with van der Waals surface area (Å²) in [5.41, 5.74) is 3.26. The fourth-order valence-corrected chi connectivity index (χ4v) is 4.71. The number of aliphatic hydroxyl groups is 1. The second-order valence-corrected chi connectivity index (χ2v) is 9.82. The first kappa shape index (κ1) is 28.7. The number of hydrogen-bond acceptors (Lipinski definition) is 7. The van der Waals surface area contributed by atoms with Crippen molar-refractivity contribution in [3.8, 4) is 0 Å². The third-order valence-corrected chi connectivity index (χ3v) is 6.83. The normalized spacial score (nSPS) is 22.2. The van der Waals surface area contributed by atoms with Gasteiger partial charge in [0.15, 0.2) is 12.4 Å². The summed E-state index contributed by atoms with van der Waals surface area (Å²) in [5, 5.41) is 11.1. The van der Waals surface area contributed by atoms with Gasteiger partial charge in [0, 0.05) is 0 Å². The van der Waals surface area contributed by atoms with E-state index in [4.69, 9.17) is 23.7 Å². The lowest BCUT2D eigenvalue weighted by Crippen LogP contribution is -2.61. The topological polar surface area (TPSA) is 83.5 Å². The van der Waals surface area contributed by atoms with Crippen LogP contribution < -0.4 is 0 Å². The van der Waals surface area contributed by atoms with Crippen LogP contribution >= 0.6 is 0 Å². The molecule has 1 saturated heterocycles. The van der Waals surface area contributed by atoms with Gasteiger partial charge in [0.05, 0.1) is 32.0 Å². The van der Waals surface area contributed by atoms with Crippen LogP contribution in [0, 0.1) is 0 Å². The van der Waals surface area contributed by atoms with Crippen molar-refractivity contribution in [2.75, 3.05) is 6.61 Å². The van der Waals surface area contributed by atoms with Crippen LogP contribution in [0.4, 0.5) is 0 Å². The molecule has 0 amide bonds. The fourth-order valence-electron chi connectivity index (χ4n) is 4.71. The van der Waals surface area contributed by atoms with E-state index >= 15 is 0 Å². The molecule has 1 heterocycles. The van der Waals surface area contributed by atoms with Gasteiger partial charge in [0.2, 0.25) is 0 Å². The zero-order chi connectivity index (χ0) is 28.3. The highest BCUT2D eigenvalue weighted by Gasteiger charge is 2.49. The molecule has 1 aliphatic rings. The molecule has 7 nitrogen and oxygen atoms in total. The van der Waals surface area contributed by atoms with Crippen molar-refractivity contribution < 1.29 is 33.6 Å². The van der Waals surface area contributed by atoms with Crippen LogP contribution in [0.3, 0.4) is 0 Å². The molecular formula is C34H34O7. The molecule has 212 valence electrons. The summed E-state index contributed by atoms with van der Waals surface area (Å²) in [5.74, 6) is -0.591. The molecule has 0 aromatic heterocycles. The van der Waals surface area contributed by atoms with Gasteiger partial charge in [-0.25, -0.2) is 4.79 Å². The molecule has 1 fully saturated rings. The first-order valence-electron chi connectivity index (χ1n) is 13.7. The Labute approximate surface area is 240 Å². The zero-order valence-electron chi connectivity index (χ0n) is 22.7. The van der Waals surface area contributed by atoms with Crippen LogP contribution in [0.5, 0.6) is 0 Å². The summed E-state index contributed by atoms with van der Waals surface area (Å²) in [4.78, 5) is 13.1. The van der Waals surface area contributed by atoms with Crippen LogP contribution in [0.15, 0.2) is 121 Å². The van der Waals surface area contributed by atoms with Crippen molar-refractivity contribution in [2.45, 2.75) is 50.5 Å². The standard InChI is InChI=1S/C34H34O7/c35-33(28-19-11-4-12-20-28)41-32-31(39-23-27-17-9-3-10-18-27)30(38-22-26-15-7-2-8-16-26)29(40-34(32)36)24-37-21-25-13-5-1-6-14-25/h1-20,29-32,34,36H,21-24H2/t29-,30+,31+,32-,34?/m1/s1. The molecule has 5 atom stereocenters. The van der Waals surface area contributed by atoms with E-state index in [1.54, 1.807) is 24.3 Å². The van der Waals surface area contributed by atoms with Gasteiger partial charge < -0.3 is 28.8 Å². The third kappa shape index (κ3) is 8.10. The van der Waals surface area contributed by atoms with Crippen LogP contribution in [0.1, 0.15) is 27.0 Å². The Bertz CT molecular complexity index is 1320. The van der Waals surface area contributed by atoms with Crippen LogP contribution in [-0.4, -0.2) is 48.4 Å². The van der Waals surface area contributed by atoms with Gasteiger partial charge in [0.1, 0.15) is 18.3 Å². The second-order valence-electron chi connectivity index (χ2n) is 9.82. The van der Waals surface area contributed by atoms with E-state index in [2.05, 4.69) is 0 Å². The molecule has 0 radical (unpaired) electrons. The third-order valence-electron chi connectivity index (χ3n) is 6.83. The Morgan fingerprint density at radius 3 is 1.61 bits per heavy atom. The van der Waals surface area contributed by atoms with Crippen molar-refractivity contribution in [1.82, 2.24) is 0 Å². The van der Waals surface area contributed by atoms with Crippen LogP contribution in [0.2, 0.25) is 0 Å². The highest BCUT2D eigenvalue weighted by Crippen LogP contribution is 2.30. The minimum atomic E-state index is -1.45. The Kier molecular flexibility index (Phi) is 10.3. The van der Waals surface area contributed by atoms with E-state index < -0.39 is 36.7 Å². The number of esters is 1. The van der Waals surface area contributed by atoms with Gasteiger partial charge >= 0.3 is 5.97 Å².